The van der Waals surface area contributed by atoms with Gasteiger partial charge in [0, 0.05) is 6.20 Å². The van der Waals surface area contributed by atoms with Crippen LogP contribution in [0.1, 0.15) is 28.8 Å². The zero-order chi connectivity index (χ0) is 17.5. The van der Waals surface area contributed by atoms with Gasteiger partial charge < -0.3 is 9.84 Å². The minimum atomic E-state index is -0.892. The molecule has 2 N–H and O–H groups in total. The van der Waals surface area contributed by atoms with Gasteiger partial charge in [-0.15, -0.1) is 0 Å². The third kappa shape index (κ3) is 4.67. The predicted molar refractivity (Wildman–Crippen MR) is 93.7 cm³/mol. The van der Waals surface area contributed by atoms with Crippen molar-refractivity contribution in [2.45, 2.75) is 19.3 Å². The number of aromatic nitrogens is 3. The van der Waals surface area contributed by atoms with E-state index in [4.69, 9.17) is 9.84 Å². The summed E-state index contributed by atoms with van der Waals surface area (Å²) in [6.07, 6.45) is 6.05. The van der Waals surface area contributed by atoms with Crippen molar-refractivity contribution in [3.8, 4) is 17.1 Å². The fourth-order valence-corrected chi connectivity index (χ4v) is 2.50. The van der Waals surface area contributed by atoms with E-state index >= 15 is 0 Å². The number of nitrogens with one attached hydrogen (secondary N) is 1. The van der Waals surface area contributed by atoms with Crippen LogP contribution in [-0.2, 0) is 6.42 Å². The highest BCUT2D eigenvalue weighted by molar-refractivity contribution is 5.87. The molecule has 128 valence electrons. The summed E-state index contributed by atoms with van der Waals surface area (Å²) in [4.78, 5) is 15.3. The molecule has 25 heavy (non-hydrogen) atoms. The van der Waals surface area contributed by atoms with Crippen molar-refractivity contribution in [2.75, 3.05) is 6.61 Å². The van der Waals surface area contributed by atoms with Gasteiger partial charge in [-0.25, -0.2) is 4.79 Å². The molecule has 0 atom stereocenters. The Balaban J connectivity index is 1.41. The molecule has 0 aliphatic rings. The Bertz CT molecular complexity index is 814. The van der Waals surface area contributed by atoms with Gasteiger partial charge in [0.05, 0.1) is 29.8 Å². The molecule has 0 unspecified atom stereocenters. The predicted octanol–water partition coefficient (Wildman–Crippen LogP) is 3.57. The number of pyridine rings is 1. The third-order valence-electron chi connectivity index (χ3n) is 3.82. The molecule has 3 rings (SSSR count). The first-order valence-electron chi connectivity index (χ1n) is 8.13. The molecular formula is C19H19N3O3. The van der Waals surface area contributed by atoms with Gasteiger partial charge in [-0.1, -0.05) is 12.1 Å². The Kier molecular flexibility index (Phi) is 5.41. The Morgan fingerprint density at radius 3 is 2.80 bits per heavy atom. The highest BCUT2D eigenvalue weighted by atomic mass is 16.5. The summed E-state index contributed by atoms with van der Waals surface area (Å²) >= 11 is 0. The smallest absolute Gasteiger partial charge is 0.335 e. The lowest BCUT2D eigenvalue weighted by atomic mass is 10.1. The van der Waals surface area contributed by atoms with Crippen LogP contribution in [0.25, 0.3) is 11.4 Å². The van der Waals surface area contributed by atoms with Gasteiger partial charge in [-0.2, -0.15) is 5.10 Å². The van der Waals surface area contributed by atoms with Gasteiger partial charge in [0.15, 0.2) is 0 Å². The number of carboxylic acids is 1. The molecule has 1 aromatic carbocycles. The average Bonchev–Trinajstić information content (AvgIpc) is 3.17. The first kappa shape index (κ1) is 16.7. The number of carboxylic acid groups (broad SMARTS) is 1. The average molecular weight is 337 g/mol. The van der Waals surface area contributed by atoms with Crippen molar-refractivity contribution in [1.29, 1.82) is 0 Å². The van der Waals surface area contributed by atoms with E-state index in [0.29, 0.717) is 12.2 Å². The minimum Gasteiger partial charge on any atom is -0.492 e. The number of ether oxygens (including phenoxy) is 1. The van der Waals surface area contributed by atoms with E-state index in [0.717, 1.165) is 42.0 Å². The third-order valence-corrected chi connectivity index (χ3v) is 3.82. The van der Waals surface area contributed by atoms with Crippen molar-refractivity contribution in [3.63, 3.8) is 0 Å². The maximum atomic E-state index is 11.0. The van der Waals surface area contributed by atoms with Crippen LogP contribution in [0.4, 0.5) is 0 Å². The maximum Gasteiger partial charge on any atom is 0.335 e. The largest absolute Gasteiger partial charge is 0.492 e. The lowest BCUT2D eigenvalue weighted by molar-refractivity contribution is 0.0696. The minimum absolute atomic E-state index is 0.331. The molecule has 0 fully saturated rings. The van der Waals surface area contributed by atoms with E-state index in [1.54, 1.807) is 30.6 Å². The summed E-state index contributed by atoms with van der Waals surface area (Å²) in [6.45, 7) is 0.601. The van der Waals surface area contributed by atoms with Crippen LogP contribution in [0.2, 0.25) is 0 Å². The van der Waals surface area contributed by atoms with Gasteiger partial charge in [-0.3, -0.25) is 10.1 Å². The monoisotopic (exact) mass is 337 g/mol. The quantitative estimate of drug-likeness (QED) is 0.614. The topological polar surface area (TPSA) is 88.1 Å². The second-order valence-corrected chi connectivity index (χ2v) is 5.66. The standard InChI is InChI=1S/C19H19N3O3/c23-19(24)15-6-3-5-14(12-15)4-1-2-11-25-16-7-8-17(20-13-16)18-9-10-21-22-18/h3,5-10,12-13H,1-2,4,11H2,(H,21,22)(H,23,24). The summed E-state index contributed by atoms with van der Waals surface area (Å²) in [7, 11) is 0. The van der Waals surface area contributed by atoms with Crippen LogP contribution in [-0.4, -0.2) is 32.9 Å². The molecule has 6 nitrogen and oxygen atoms in total. The number of H-pyrrole nitrogens is 1. The van der Waals surface area contributed by atoms with E-state index < -0.39 is 5.97 Å². The van der Waals surface area contributed by atoms with Gasteiger partial charge in [0.1, 0.15) is 5.75 Å². The highest BCUT2D eigenvalue weighted by Gasteiger charge is 2.04. The number of hydrogen-bond acceptors (Lipinski definition) is 4. The first-order chi connectivity index (χ1) is 12.2. The number of aromatic carboxylic acids is 1. The van der Waals surface area contributed by atoms with Gasteiger partial charge in [0.2, 0.25) is 0 Å². The number of unbranched alkanes of at least 4 members (excludes halogenated alkanes) is 1. The fourth-order valence-electron chi connectivity index (χ4n) is 2.50. The Hall–Kier alpha value is -3.15. The second-order valence-electron chi connectivity index (χ2n) is 5.66. The molecule has 3 aromatic rings. The number of hydrogen-bond donors (Lipinski definition) is 2. The first-order valence-corrected chi connectivity index (χ1v) is 8.13. The van der Waals surface area contributed by atoms with Crippen LogP contribution in [0.3, 0.4) is 0 Å². The summed E-state index contributed by atoms with van der Waals surface area (Å²) < 4.78 is 5.70. The lowest BCUT2D eigenvalue weighted by Gasteiger charge is -2.07. The maximum absolute atomic E-state index is 11.0. The van der Waals surface area contributed by atoms with Crippen LogP contribution < -0.4 is 4.74 Å². The Morgan fingerprint density at radius 2 is 2.08 bits per heavy atom. The Labute approximate surface area is 145 Å². The number of benzene rings is 1. The van der Waals surface area contributed by atoms with Crippen LogP contribution in [0.15, 0.2) is 54.9 Å². The molecular weight excluding hydrogens is 318 g/mol. The number of aromatic amines is 1. The SMILES string of the molecule is O=C(O)c1cccc(CCCCOc2ccc(-c3ccn[nH]3)nc2)c1. The summed E-state index contributed by atoms with van der Waals surface area (Å²) in [5.41, 5.74) is 3.06. The van der Waals surface area contributed by atoms with Gasteiger partial charge in [0.25, 0.3) is 0 Å². The Morgan fingerprint density at radius 1 is 1.16 bits per heavy atom. The molecule has 0 aliphatic carbocycles. The highest BCUT2D eigenvalue weighted by Crippen LogP contribution is 2.17. The molecule has 2 aromatic heterocycles. The molecule has 0 amide bonds. The van der Waals surface area contributed by atoms with Crippen LogP contribution in [0.5, 0.6) is 5.75 Å². The van der Waals surface area contributed by atoms with Crippen molar-refractivity contribution in [1.82, 2.24) is 15.2 Å². The van der Waals surface area contributed by atoms with Crippen LogP contribution >= 0.6 is 0 Å². The summed E-state index contributed by atoms with van der Waals surface area (Å²) in [5.74, 6) is -0.160. The molecule has 0 bridgehead atoms. The number of rotatable bonds is 8. The van der Waals surface area contributed by atoms with E-state index in [1.807, 2.05) is 24.3 Å². The molecule has 0 radical (unpaired) electrons. The van der Waals surface area contributed by atoms with E-state index in [2.05, 4.69) is 15.2 Å². The van der Waals surface area contributed by atoms with Crippen LogP contribution in [0, 0.1) is 0 Å². The summed E-state index contributed by atoms with van der Waals surface area (Å²) in [6, 6.07) is 12.7. The van der Waals surface area contributed by atoms with Crippen molar-refractivity contribution >= 4 is 5.97 Å². The van der Waals surface area contributed by atoms with Crippen molar-refractivity contribution in [2.24, 2.45) is 0 Å². The van der Waals surface area contributed by atoms with Gasteiger partial charge >= 0.3 is 5.97 Å². The number of nitrogens with zero attached hydrogens (tertiary/aromatic N) is 2. The van der Waals surface area contributed by atoms with Crippen molar-refractivity contribution < 1.29 is 14.6 Å². The number of aryl methyl sites for hydroxylation is 1. The molecule has 2 heterocycles. The van der Waals surface area contributed by atoms with Gasteiger partial charge in [-0.05, 0) is 55.2 Å². The zero-order valence-corrected chi connectivity index (χ0v) is 13.7. The lowest BCUT2D eigenvalue weighted by Crippen LogP contribution is -2.00. The normalized spacial score (nSPS) is 10.6. The molecule has 6 heteroatoms. The van der Waals surface area contributed by atoms with E-state index in [9.17, 15) is 4.79 Å². The van der Waals surface area contributed by atoms with Crippen molar-refractivity contribution in [3.05, 3.63) is 66.0 Å². The molecule has 0 saturated carbocycles. The molecule has 0 saturated heterocycles. The second kappa shape index (κ2) is 8.10. The molecule has 0 spiro atoms. The summed E-state index contributed by atoms with van der Waals surface area (Å²) in [5, 5.41) is 15.8. The van der Waals surface area contributed by atoms with E-state index in [-0.39, 0.29) is 0 Å². The fraction of sp³-hybridized carbons (Fsp3) is 0.211. The van der Waals surface area contributed by atoms with E-state index in [1.165, 1.54) is 0 Å². The number of carbonyl (C=O) groups is 1. The zero-order valence-electron chi connectivity index (χ0n) is 13.7. The molecule has 0 aliphatic heterocycles.